The van der Waals surface area contributed by atoms with E-state index >= 15 is 0 Å². The standard InChI is InChI=1S/C28H25N3O3/c1-3-17-33-22-15-13-21(14-16-22)28-31(19(2)32)30-27(34-28)24-18-26(20-9-5-4-6-10-20)29-25-12-8-7-11-23(24)25/h4-16,18,28H,3,17H2,1-2H3/t28-/m1/s1. The normalized spacial score (nSPS) is 15.2. The van der Waals surface area contributed by atoms with Crippen LogP contribution in [0.5, 0.6) is 5.75 Å². The van der Waals surface area contributed by atoms with E-state index in [0.29, 0.717) is 12.5 Å². The number of amides is 1. The van der Waals surface area contributed by atoms with E-state index in [-0.39, 0.29) is 5.91 Å². The van der Waals surface area contributed by atoms with Gasteiger partial charge in [-0.3, -0.25) is 4.79 Å². The van der Waals surface area contributed by atoms with Crippen molar-refractivity contribution in [2.24, 2.45) is 5.10 Å². The van der Waals surface area contributed by atoms with Gasteiger partial charge >= 0.3 is 0 Å². The number of nitrogens with zero attached hydrogens (tertiary/aromatic N) is 3. The van der Waals surface area contributed by atoms with Crippen molar-refractivity contribution in [2.75, 3.05) is 6.61 Å². The number of benzene rings is 3. The maximum absolute atomic E-state index is 12.5. The smallest absolute Gasteiger partial charge is 0.243 e. The summed E-state index contributed by atoms with van der Waals surface area (Å²) in [6.45, 7) is 4.21. The summed E-state index contributed by atoms with van der Waals surface area (Å²) in [6, 6.07) is 27.4. The van der Waals surface area contributed by atoms with Crippen LogP contribution in [0.2, 0.25) is 0 Å². The molecule has 1 aliphatic heterocycles. The van der Waals surface area contributed by atoms with Gasteiger partial charge in [0.2, 0.25) is 18.0 Å². The molecule has 0 saturated heterocycles. The molecule has 170 valence electrons. The molecule has 1 amide bonds. The van der Waals surface area contributed by atoms with Gasteiger partial charge in [0.05, 0.1) is 17.8 Å². The van der Waals surface area contributed by atoms with E-state index in [9.17, 15) is 4.79 Å². The van der Waals surface area contributed by atoms with Gasteiger partial charge in [0, 0.05) is 29.0 Å². The molecule has 5 rings (SSSR count). The minimum atomic E-state index is -0.653. The molecule has 34 heavy (non-hydrogen) atoms. The van der Waals surface area contributed by atoms with E-state index in [1.165, 1.54) is 11.9 Å². The summed E-state index contributed by atoms with van der Waals surface area (Å²) in [4.78, 5) is 17.3. The van der Waals surface area contributed by atoms with E-state index in [2.05, 4.69) is 12.0 Å². The molecule has 3 aromatic carbocycles. The third-order valence-corrected chi connectivity index (χ3v) is 5.62. The van der Waals surface area contributed by atoms with Crippen LogP contribution in [-0.4, -0.2) is 28.4 Å². The number of hydrazone groups is 1. The molecule has 0 radical (unpaired) electrons. The van der Waals surface area contributed by atoms with Gasteiger partial charge in [-0.25, -0.2) is 4.98 Å². The average molecular weight is 452 g/mol. The first kappa shape index (κ1) is 21.6. The molecule has 0 bridgehead atoms. The van der Waals surface area contributed by atoms with Gasteiger partial charge in [0.15, 0.2) is 0 Å². The fourth-order valence-electron chi connectivity index (χ4n) is 3.95. The van der Waals surface area contributed by atoms with Crippen LogP contribution in [0.1, 0.15) is 37.6 Å². The monoisotopic (exact) mass is 451 g/mol. The molecule has 0 aliphatic carbocycles. The van der Waals surface area contributed by atoms with Crippen molar-refractivity contribution in [2.45, 2.75) is 26.5 Å². The molecule has 6 heteroatoms. The van der Waals surface area contributed by atoms with Crippen LogP contribution in [0, 0.1) is 0 Å². The predicted octanol–water partition coefficient (Wildman–Crippen LogP) is 5.93. The molecule has 1 aliphatic rings. The van der Waals surface area contributed by atoms with Crippen LogP contribution in [0.3, 0.4) is 0 Å². The van der Waals surface area contributed by atoms with E-state index in [1.54, 1.807) is 0 Å². The first-order chi connectivity index (χ1) is 16.6. The summed E-state index contributed by atoms with van der Waals surface area (Å²) in [6.07, 6.45) is 0.285. The average Bonchev–Trinajstić information content (AvgIpc) is 3.33. The Morgan fingerprint density at radius 1 is 1.00 bits per heavy atom. The van der Waals surface area contributed by atoms with E-state index in [4.69, 9.17) is 14.5 Å². The lowest BCUT2D eigenvalue weighted by Crippen LogP contribution is -2.25. The Labute approximate surface area is 198 Å². The summed E-state index contributed by atoms with van der Waals surface area (Å²) in [5.74, 6) is 0.974. The zero-order chi connectivity index (χ0) is 23.5. The minimum Gasteiger partial charge on any atom is -0.494 e. The molecule has 4 aromatic rings. The first-order valence-electron chi connectivity index (χ1n) is 11.4. The number of pyridine rings is 1. The van der Waals surface area contributed by atoms with Crippen LogP contribution >= 0.6 is 0 Å². The number of carbonyl (C=O) groups excluding carboxylic acids is 1. The Kier molecular flexibility index (Phi) is 5.95. The largest absolute Gasteiger partial charge is 0.494 e. The third kappa shape index (κ3) is 4.22. The van der Waals surface area contributed by atoms with Crippen LogP contribution in [-0.2, 0) is 9.53 Å². The molecule has 1 atom stereocenters. The molecule has 2 heterocycles. The Balaban J connectivity index is 1.54. The Morgan fingerprint density at radius 3 is 2.47 bits per heavy atom. The summed E-state index contributed by atoms with van der Waals surface area (Å²) >= 11 is 0. The summed E-state index contributed by atoms with van der Waals surface area (Å²) in [5, 5.41) is 6.89. The van der Waals surface area contributed by atoms with Crippen LogP contribution < -0.4 is 4.74 Å². The number of para-hydroxylation sites is 1. The van der Waals surface area contributed by atoms with E-state index < -0.39 is 6.23 Å². The Hall–Kier alpha value is -4.19. The quantitative estimate of drug-likeness (QED) is 0.364. The fraction of sp³-hybridized carbons (Fsp3) is 0.179. The minimum absolute atomic E-state index is 0.201. The van der Waals surface area contributed by atoms with Crippen molar-refractivity contribution in [3.05, 3.63) is 96.1 Å². The lowest BCUT2D eigenvalue weighted by atomic mass is 10.0. The van der Waals surface area contributed by atoms with Crippen molar-refractivity contribution < 1.29 is 14.3 Å². The fourth-order valence-corrected chi connectivity index (χ4v) is 3.95. The lowest BCUT2D eigenvalue weighted by Gasteiger charge is -2.19. The zero-order valence-corrected chi connectivity index (χ0v) is 19.1. The second-order valence-corrected chi connectivity index (χ2v) is 8.09. The summed E-state index contributed by atoms with van der Waals surface area (Å²) in [7, 11) is 0. The maximum atomic E-state index is 12.5. The van der Waals surface area contributed by atoms with E-state index in [1.807, 2.05) is 84.9 Å². The van der Waals surface area contributed by atoms with Crippen molar-refractivity contribution in [3.8, 4) is 17.0 Å². The van der Waals surface area contributed by atoms with Gasteiger partial charge in [-0.1, -0.05) is 55.5 Å². The number of aromatic nitrogens is 1. The molecule has 0 unspecified atom stereocenters. The van der Waals surface area contributed by atoms with Crippen molar-refractivity contribution in [3.63, 3.8) is 0 Å². The van der Waals surface area contributed by atoms with Gasteiger partial charge in [-0.05, 0) is 42.8 Å². The molecule has 0 spiro atoms. The first-order valence-corrected chi connectivity index (χ1v) is 11.4. The topological polar surface area (TPSA) is 64.0 Å². The third-order valence-electron chi connectivity index (χ3n) is 5.62. The van der Waals surface area contributed by atoms with Crippen LogP contribution in [0.4, 0.5) is 0 Å². The molecule has 6 nitrogen and oxygen atoms in total. The second kappa shape index (κ2) is 9.35. The van der Waals surface area contributed by atoms with Crippen molar-refractivity contribution >= 4 is 22.7 Å². The number of hydrogen-bond acceptors (Lipinski definition) is 5. The lowest BCUT2D eigenvalue weighted by molar-refractivity contribution is -0.135. The van der Waals surface area contributed by atoms with Gasteiger partial charge in [-0.2, -0.15) is 5.01 Å². The number of ether oxygens (including phenoxy) is 2. The molecular formula is C28H25N3O3. The zero-order valence-electron chi connectivity index (χ0n) is 19.1. The Bertz CT molecular complexity index is 1350. The SMILES string of the molecule is CCCOc1ccc([C@H]2OC(c3cc(-c4ccccc4)nc4ccccc34)=NN2C(C)=O)cc1. The van der Waals surface area contributed by atoms with Gasteiger partial charge in [-0.15, -0.1) is 5.10 Å². The highest BCUT2D eigenvalue weighted by molar-refractivity contribution is 6.08. The predicted molar refractivity (Wildman–Crippen MR) is 132 cm³/mol. The van der Waals surface area contributed by atoms with Gasteiger partial charge < -0.3 is 9.47 Å². The molecule has 0 N–H and O–H groups in total. The number of fused-ring (bicyclic) bond motifs is 1. The molecular weight excluding hydrogens is 426 g/mol. The van der Waals surface area contributed by atoms with Crippen LogP contribution in [0.15, 0.2) is 90.0 Å². The molecule has 0 saturated carbocycles. The highest BCUT2D eigenvalue weighted by atomic mass is 16.5. The summed E-state index contributed by atoms with van der Waals surface area (Å²) < 4.78 is 12.0. The number of carbonyl (C=O) groups is 1. The summed E-state index contributed by atoms with van der Waals surface area (Å²) in [5.41, 5.74) is 4.26. The second-order valence-electron chi connectivity index (χ2n) is 8.09. The van der Waals surface area contributed by atoms with Gasteiger partial charge in [0.1, 0.15) is 5.75 Å². The Morgan fingerprint density at radius 2 is 1.74 bits per heavy atom. The maximum Gasteiger partial charge on any atom is 0.243 e. The molecule has 1 aromatic heterocycles. The van der Waals surface area contributed by atoms with Crippen LogP contribution in [0.25, 0.3) is 22.2 Å². The van der Waals surface area contributed by atoms with E-state index in [0.717, 1.165) is 45.5 Å². The number of hydrogen-bond donors (Lipinski definition) is 0. The molecule has 0 fully saturated rings. The van der Waals surface area contributed by atoms with Crippen molar-refractivity contribution in [1.29, 1.82) is 0 Å². The highest BCUT2D eigenvalue weighted by Gasteiger charge is 2.34. The van der Waals surface area contributed by atoms with Crippen molar-refractivity contribution in [1.82, 2.24) is 9.99 Å². The van der Waals surface area contributed by atoms with Gasteiger partial charge in [0.25, 0.3) is 0 Å². The highest BCUT2D eigenvalue weighted by Crippen LogP contribution is 2.34. The number of rotatable bonds is 6.